The fourth-order valence-corrected chi connectivity index (χ4v) is 5.41. The molecule has 1 aliphatic rings. The molecule has 0 radical (unpaired) electrons. The first kappa shape index (κ1) is 22.0. The third-order valence-corrected chi connectivity index (χ3v) is 7.38. The highest BCUT2D eigenvalue weighted by Gasteiger charge is 2.29. The molecule has 0 saturated carbocycles. The first-order valence-corrected chi connectivity index (χ1v) is 11.7. The Balaban J connectivity index is 1.52. The summed E-state index contributed by atoms with van der Waals surface area (Å²) in [5, 5.41) is 2.65. The maximum Gasteiger partial charge on any atom is 0.264 e. The second kappa shape index (κ2) is 8.70. The maximum atomic E-state index is 14.0. The number of fused-ring (bicyclic) bond motifs is 1. The number of nitrogens with zero attached hydrogens (tertiary/aromatic N) is 1. The van der Waals surface area contributed by atoms with Crippen molar-refractivity contribution in [3.8, 4) is 0 Å². The van der Waals surface area contributed by atoms with Gasteiger partial charge in [0.15, 0.2) is 0 Å². The Hall–Kier alpha value is -3.26. The lowest BCUT2D eigenvalue weighted by Gasteiger charge is -2.30. The number of sulfonamides is 1. The van der Waals surface area contributed by atoms with E-state index in [0.29, 0.717) is 12.2 Å². The van der Waals surface area contributed by atoms with Crippen molar-refractivity contribution in [3.63, 3.8) is 0 Å². The van der Waals surface area contributed by atoms with E-state index in [2.05, 4.69) is 5.32 Å². The summed E-state index contributed by atoms with van der Waals surface area (Å²) in [6.07, 6.45) is 1.56. The Labute approximate surface area is 185 Å². The molecule has 3 aromatic carbocycles. The quantitative estimate of drug-likeness (QED) is 0.610. The number of para-hydroxylation sites is 1. The third kappa shape index (κ3) is 4.23. The third-order valence-electron chi connectivity index (χ3n) is 5.55. The smallest absolute Gasteiger partial charge is 0.264 e. The number of benzene rings is 3. The molecule has 166 valence electrons. The summed E-state index contributed by atoms with van der Waals surface area (Å²) >= 11 is 0. The minimum atomic E-state index is -3.78. The molecule has 0 spiro atoms. The van der Waals surface area contributed by atoms with Crippen molar-refractivity contribution in [2.45, 2.75) is 30.7 Å². The van der Waals surface area contributed by atoms with Crippen LogP contribution in [-0.2, 0) is 16.4 Å². The summed E-state index contributed by atoms with van der Waals surface area (Å²) in [6, 6.07) is 15.5. The molecular weight excluding hydrogens is 434 g/mol. The maximum absolute atomic E-state index is 14.0. The molecule has 0 aliphatic carbocycles. The molecular formula is C24H22F2N2O3S. The normalized spacial score (nSPS) is 14.5. The molecule has 3 aromatic rings. The number of hydrogen-bond acceptors (Lipinski definition) is 3. The van der Waals surface area contributed by atoms with Crippen molar-refractivity contribution in [1.82, 2.24) is 5.32 Å². The van der Waals surface area contributed by atoms with E-state index in [-0.39, 0.29) is 16.0 Å². The highest BCUT2D eigenvalue weighted by Crippen LogP contribution is 2.31. The van der Waals surface area contributed by atoms with Gasteiger partial charge in [-0.3, -0.25) is 9.10 Å². The predicted octanol–water partition coefficient (Wildman–Crippen LogP) is 4.60. The molecule has 1 amide bonds. The lowest BCUT2D eigenvalue weighted by Crippen LogP contribution is -2.35. The van der Waals surface area contributed by atoms with Crippen molar-refractivity contribution in [3.05, 3.63) is 95.1 Å². The van der Waals surface area contributed by atoms with Gasteiger partial charge in [-0.15, -0.1) is 0 Å². The fourth-order valence-electron chi connectivity index (χ4n) is 3.86. The van der Waals surface area contributed by atoms with Crippen LogP contribution in [-0.4, -0.2) is 20.9 Å². The van der Waals surface area contributed by atoms with Gasteiger partial charge < -0.3 is 5.32 Å². The van der Waals surface area contributed by atoms with Crippen molar-refractivity contribution < 1.29 is 22.0 Å². The Morgan fingerprint density at radius 1 is 1.03 bits per heavy atom. The van der Waals surface area contributed by atoms with Crippen LogP contribution in [0.4, 0.5) is 14.5 Å². The number of carbonyl (C=O) groups excluding carboxylic acids is 1. The molecule has 1 unspecified atom stereocenters. The summed E-state index contributed by atoms with van der Waals surface area (Å²) in [4.78, 5) is 12.7. The molecule has 32 heavy (non-hydrogen) atoms. The van der Waals surface area contributed by atoms with E-state index in [1.807, 2.05) is 18.2 Å². The van der Waals surface area contributed by atoms with Gasteiger partial charge >= 0.3 is 0 Å². The van der Waals surface area contributed by atoms with Crippen LogP contribution in [0.15, 0.2) is 71.6 Å². The second-order valence-electron chi connectivity index (χ2n) is 7.69. The Morgan fingerprint density at radius 2 is 1.75 bits per heavy atom. The van der Waals surface area contributed by atoms with Gasteiger partial charge in [0.1, 0.15) is 11.6 Å². The predicted molar refractivity (Wildman–Crippen MR) is 118 cm³/mol. The van der Waals surface area contributed by atoms with Gasteiger partial charge in [0.2, 0.25) is 0 Å². The number of aryl methyl sites for hydroxylation is 1. The molecule has 5 nitrogen and oxygen atoms in total. The standard InChI is InChI=1S/C24H22F2N2O3S/c1-16(21-13-10-19(25)15-22(21)26)27-24(29)18-8-11-20(12-9-18)32(30,31)28-14-4-6-17-5-2-3-7-23(17)28/h2-3,5,7-13,15-16H,4,6,14H2,1H3,(H,27,29). The van der Waals surface area contributed by atoms with Gasteiger partial charge in [-0.1, -0.05) is 24.3 Å². The van der Waals surface area contributed by atoms with Crippen molar-refractivity contribution in [2.24, 2.45) is 0 Å². The molecule has 0 saturated heterocycles. The van der Waals surface area contributed by atoms with Crippen LogP contribution in [0.5, 0.6) is 0 Å². The summed E-state index contributed by atoms with van der Waals surface area (Å²) in [7, 11) is -3.78. The summed E-state index contributed by atoms with van der Waals surface area (Å²) in [6.45, 7) is 1.98. The SMILES string of the molecule is CC(NC(=O)c1ccc(S(=O)(=O)N2CCCc3ccccc32)cc1)c1ccc(F)cc1F. The van der Waals surface area contributed by atoms with Gasteiger partial charge in [-0.25, -0.2) is 17.2 Å². The van der Waals surface area contributed by atoms with Gasteiger partial charge in [0.05, 0.1) is 16.6 Å². The first-order chi connectivity index (χ1) is 15.3. The fraction of sp³-hybridized carbons (Fsp3) is 0.208. The van der Waals surface area contributed by atoms with Gasteiger partial charge in [0, 0.05) is 23.7 Å². The lowest BCUT2D eigenvalue weighted by molar-refractivity contribution is 0.0939. The van der Waals surface area contributed by atoms with E-state index in [0.717, 1.165) is 30.5 Å². The zero-order valence-electron chi connectivity index (χ0n) is 17.4. The van der Waals surface area contributed by atoms with E-state index in [4.69, 9.17) is 0 Å². The average molecular weight is 457 g/mol. The van der Waals surface area contributed by atoms with Crippen LogP contribution >= 0.6 is 0 Å². The highest BCUT2D eigenvalue weighted by atomic mass is 32.2. The average Bonchev–Trinajstić information content (AvgIpc) is 2.78. The van der Waals surface area contributed by atoms with E-state index in [1.165, 1.54) is 34.6 Å². The largest absolute Gasteiger partial charge is 0.345 e. The molecule has 1 heterocycles. The highest BCUT2D eigenvalue weighted by molar-refractivity contribution is 7.92. The van der Waals surface area contributed by atoms with Crippen molar-refractivity contribution in [2.75, 3.05) is 10.8 Å². The van der Waals surface area contributed by atoms with E-state index < -0.39 is 33.6 Å². The molecule has 1 aliphatic heterocycles. The molecule has 1 N–H and O–H groups in total. The van der Waals surface area contributed by atoms with Gasteiger partial charge in [-0.2, -0.15) is 0 Å². The van der Waals surface area contributed by atoms with Crippen LogP contribution in [0.2, 0.25) is 0 Å². The number of carbonyl (C=O) groups is 1. The Bertz CT molecular complexity index is 1260. The minimum Gasteiger partial charge on any atom is -0.345 e. The van der Waals surface area contributed by atoms with Crippen LogP contribution in [0, 0.1) is 11.6 Å². The van der Waals surface area contributed by atoms with Crippen molar-refractivity contribution in [1.29, 1.82) is 0 Å². The first-order valence-electron chi connectivity index (χ1n) is 10.2. The van der Waals surface area contributed by atoms with E-state index in [9.17, 15) is 22.0 Å². The van der Waals surface area contributed by atoms with Crippen LogP contribution in [0.3, 0.4) is 0 Å². The topological polar surface area (TPSA) is 66.5 Å². The zero-order chi connectivity index (χ0) is 22.9. The monoisotopic (exact) mass is 456 g/mol. The summed E-state index contributed by atoms with van der Waals surface area (Å²) in [5.74, 6) is -1.94. The lowest BCUT2D eigenvalue weighted by atomic mass is 10.0. The van der Waals surface area contributed by atoms with Crippen LogP contribution < -0.4 is 9.62 Å². The molecule has 8 heteroatoms. The number of halogens is 2. The Kier molecular flexibility index (Phi) is 5.97. The van der Waals surface area contributed by atoms with Crippen LogP contribution in [0.1, 0.15) is 40.9 Å². The van der Waals surface area contributed by atoms with Crippen LogP contribution in [0.25, 0.3) is 0 Å². The van der Waals surface area contributed by atoms with Gasteiger partial charge in [-0.05, 0) is 61.7 Å². The summed E-state index contributed by atoms with van der Waals surface area (Å²) in [5.41, 5.74) is 2.05. The van der Waals surface area contributed by atoms with E-state index >= 15 is 0 Å². The molecule has 0 fully saturated rings. The van der Waals surface area contributed by atoms with Crippen molar-refractivity contribution >= 4 is 21.6 Å². The molecule has 0 bridgehead atoms. The second-order valence-corrected chi connectivity index (χ2v) is 9.56. The number of rotatable bonds is 5. The molecule has 0 aromatic heterocycles. The number of hydrogen-bond donors (Lipinski definition) is 1. The number of nitrogens with one attached hydrogen (secondary N) is 1. The number of amides is 1. The van der Waals surface area contributed by atoms with Gasteiger partial charge in [0.25, 0.3) is 15.9 Å². The minimum absolute atomic E-state index is 0.0865. The summed E-state index contributed by atoms with van der Waals surface area (Å²) < 4.78 is 54.9. The molecule has 4 rings (SSSR count). The number of anilines is 1. The molecule has 1 atom stereocenters. The van der Waals surface area contributed by atoms with E-state index in [1.54, 1.807) is 13.0 Å². The zero-order valence-corrected chi connectivity index (χ0v) is 18.2. The Morgan fingerprint density at radius 3 is 2.47 bits per heavy atom.